The van der Waals surface area contributed by atoms with Gasteiger partial charge in [0.15, 0.2) is 5.82 Å². The molecule has 3 heteroatoms. The van der Waals surface area contributed by atoms with Crippen molar-refractivity contribution in [1.82, 2.24) is 10.3 Å². The molecule has 0 fully saturated rings. The maximum Gasteiger partial charge on any atom is 0.171 e. The van der Waals surface area contributed by atoms with E-state index in [0.717, 1.165) is 0 Å². The van der Waals surface area contributed by atoms with Gasteiger partial charge < -0.3 is 5.73 Å². The van der Waals surface area contributed by atoms with Crippen LogP contribution in [-0.2, 0) is 0 Å². The Morgan fingerprint density at radius 1 is 1.73 bits per heavy atom. The molecule has 1 rings (SSSR count). The number of nitrogens with two attached hydrogens (primary N) is 1. The molecule has 0 aliphatic carbocycles. The maximum absolute atomic E-state index is 5.57. The molecule has 0 aliphatic heterocycles. The average molecular weight is 148 g/mol. The predicted molar refractivity (Wildman–Crippen MR) is 45.5 cm³/mol. The second kappa shape index (κ2) is 3.61. The molecule has 0 saturated carbocycles. The molecule has 1 heterocycles. The summed E-state index contributed by atoms with van der Waals surface area (Å²) in [5.74, 6) is 0.590. The van der Waals surface area contributed by atoms with Crippen molar-refractivity contribution in [3.05, 3.63) is 31.0 Å². The Morgan fingerprint density at radius 2 is 2.55 bits per heavy atom. The van der Waals surface area contributed by atoms with Crippen LogP contribution in [0.3, 0.4) is 0 Å². The third-order valence-electron chi connectivity index (χ3n) is 1.19. The van der Waals surface area contributed by atoms with E-state index in [2.05, 4.69) is 16.9 Å². The lowest BCUT2D eigenvalue weighted by atomic mass is 10.4. The molecule has 57 valence electrons. The highest BCUT2D eigenvalue weighted by Gasteiger charge is 1.96. The van der Waals surface area contributed by atoms with Gasteiger partial charge in [0.25, 0.3) is 0 Å². The van der Waals surface area contributed by atoms with Gasteiger partial charge in [0.1, 0.15) is 0 Å². The monoisotopic (exact) mass is 148 g/mol. The van der Waals surface area contributed by atoms with Crippen molar-refractivity contribution >= 4 is 11.5 Å². The van der Waals surface area contributed by atoms with Gasteiger partial charge in [0, 0.05) is 6.20 Å². The van der Waals surface area contributed by atoms with Crippen molar-refractivity contribution in [2.75, 3.05) is 12.3 Å². The van der Waals surface area contributed by atoms with E-state index in [-0.39, 0.29) is 0 Å². The third kappa shape index (κ3) is 1.97. The van der Waals surface area contributed by atoms with Crippen LogP contribution in [0.4, 0.5) is 11.5 Å². The molecule has 0 atom stereocenters. The maximum atomic E-state index is 5.57. The first-order valence-corrected chi connectivity index (χ1v) is 3.33. The standard InChI is InChI=1S/C8H10N3/c1-2-5-10-8-7(9)4-3-6-11-8/h2-4,6H,1,5,9H2. The molecule has 0 spiro atoms. The largest absolute Gasteiger partial charge is 0.396 e. The van der Waals surface area contributed by atoms with Gasteiger partial charge in [-0.3, -0.25) is 5.32 Å². The van der Waals surface area contributed by atoms with E-state index in [1.165, 1.54) is 0 Å². The quantitative estimate of drug-likeness (QED) is 0.652. The predicted octanol–water partition coefficient (Wildman–Crippen LogP) is 1.09. The summed E-state index contributed by atoms with van der Waals surface area (Å²) >= 11 is 0. The van der Waals surface area contributed by atoms with Crippen LogP contribution in [0.15, 0.2) is 31.0 Å². The van der Waals surface area contributed by atoms with Crippen molar-refractivity contribution in [2.24, 2.45) is 0 Å². The number of aromatic nitrogens is 1. The first-order chi connectivity index (χ1) is 5.34. The molecule has 11 heavy (non-hydrogen) atoms. The summed E-state index contributed by atoms with van der Waals surface area (Å²) in [5.41, 5.74) is 6.18. The lowest BCUT2D eigenvalue weighted by Gasteiger charge is -2.00. The van der Waals surface area contributed by atoms with E-state index < -0.39 is 0 Å². The normalized spacial score (nSPS) is 9.09. The zero-order valence-electron chi connectivity index (χ0n) is 6.20. The van der Waals surface area contributed by atoms with Crippen LogP contribution in [0.25, 0.3) is 0 Å². The highest BCUT2D eigenvalue weighted by molar-refractivity contribution is 5.55. The Morgan fingerprint density at radius 3 is 3.18 bits per heavy atom. The van der Waals surface area contributed by atoms with E-state index in [1.54, 1.807) is 24.4 Å². The zero-order valence-corrected chi connectivity index (χ0v) is 6.20. The summed E-state index contributed by atoms with van der Waals surface area (Å²) in [6.45, 7) is 4.10. The molecule has 0 aliphatic rings. The summed E-state index contributed by atoms with van der Waals surface area (Å²) in [6.07, 6.45) is 3.37. The Kier molecular flexibility index (Phi) is 2.49. The Balaban J connectivity index is 2.69. The molecule has 0 amide bonds. The van der Waals surface area contributed by atoms with Crippen LogP contribution in [0, 0.1) is 0 Å². The fourth-order valence-corrected chi connectivity index (χ4v) is 0.693. The van der Waals surface area contributed by atoms with Crippen LogP contribution < -0.4 is 11.1 Å². The van der Waals surface area contributed by atoms with Crippen LogP contribution in [0.5, 0.6) is 0 Å². The van der Waals surface area contributed by atoms with Crippen molar-refractivity contribution in [3.63, 3.8) is 0 Å². The Hall–Kier alpha value is -1.51. The summed E-state index contributed by atoms with van der Waals surface area (Å²) in [5, 5.41) is 4.07. The number of pyridine rings is 1. The summed E-state index contributed by atoms with van der Waals surface area (Å²) in [4.78, 5) is 3.98. The van der Waals surface area contributed by atoms with E-state index in [4.69, 9.17) is 5.73 Å². The number of hydrogen-bond acceptors (Lipinski definition) is 2. The van der Waals surface area contributed by atoms with E-state index in [9.17, 15) is 0 Å². The fraction of sp³-hybridized carbons (Fsp3) is 0.125. The summed E-state index contributed by atoms with van der Waals surface area (Å²) in [7, 11) is 0. The Bertz CT molecular complexity index is 245. The third-order valence-corrected chi connectivity index (χ3v) is 1.19. The second-order valence-corrected chi connectivity index (χ2v) is 2.05. The van der Waals surface area contributed by atoms with Crippen molar-refractivity contribution < 1.29 is 0 Å². The SMILES string of the molecule is C=CC[N]c1ncccc1N. The van der Waals surface area contributed by atoms with Crippen LogP contribution in [0.1, 0.15) is 0 Å². The van der Waals surface area contributed by atoms with Crippen LogP contribution >= 0.6 is 0 Å². The van der Waals surface area contributed by atoms with Crippen LogP contribution in [-0.4, -0.2) is 11.5 Å². The van der Waals surface area contributed by atoms with E-state index >= 15 is 0 Å². The lowest BCUT2D eigenvalue weighted by Crippen LogP contribution is -2.01. The fourth-order valence-electron chi connectivity index (χ4n) is 0.693. The molecule has 1 radical (unpaired) electrons. The van der Waals surface area contributed by atoms with Crippen molar-refractivity contribution in [3.8, 4) is 0 Å². The minimum absolute atomic E-state index is 0.557. The van der Waals surface area contributed by atoms with Crippen molar-refractivity contribution in [2.45, 2.75) is 0 Å². The molecule has 0 unspecified atom stereocenters. The molecule has 3 nitrogen and oxygen atoms in total. The van der Waals surface area contributed by atoms with Gasteiger partial charge in [-0.2, -0.15) is 0 Å². The molecule has 2 N–H and O–H groups in total. The number of rotatable bonds is 3. The summed E-state index contributed by atoms with van der Waals surface area (Å²) < 4.78 is 0. The number of nitrogens with zero attached hydrogens (tertiary/aromatic N) is 2. The van der Waals surface area contributed by atoms with Gasteiger partial charge >= 0.3 is 0 Å². The molecule has 0 aromatic carbocycles. The van der Waals surface area contributed by atoms with Gasteiger partial charge in [-0.05, 0) is 12.1 Å². The van der Waals surface area contributed by atoms with Gasteiger partial charge in [-0.25, -0.2) is 4.98 Å². The average Bonchev–Trinajstić information content (AvgIpc) is 2.03. The highest BCUT2D eigenvalue weighted by Crippen LogP contribution is 2.11. The zero-order chi connectivity index (χ0) is 8.10. The van der Waals surface area contributed by atoms with E-state index in [0.29, 0.717) is 18.1 Å². The summed E-state index contributed by atoms with van der Waals surface area (Å²) in [6, 6.07) is 3.55. The smallest absolute Gasteiger partial charge is 0.171 e. The first kappa shape index (κ1) is 7.60. The molecule has 0 saturated heterocycles. The number of anilines is 1. The van der Waals surface area contributed by atoms with Gasteiger partial charge in [0.05, 0.1) is 12.2 Å². The molecule has 0 bridgehead atoms. The van der Waals surface area contributed by atoms with Gasteiger partial charge in [-0.15, -0.1) is 6.58 Å². The Labute approximate surface area is 65.9 Å². The molecular formula is C8H10N3. The van der Waals surface area contributed by atoms with Gasteiger partial charge in [0.2, 0.25) is 0 Å². The second-order valence-electron chi connectivity index (χ2n) is 2.05. The first-order valence-electron chi connectivity index (χ1n) is 3.33. The minimum Gasteiger partial charge on any atom is -0.396 e. The minimum atomic E-state index is 0.557. The van der Waals surface area contributed by atoms with Crippen molar-refractivity contribution in [1.29, 1.82) is 0 Å². The molecule has 1 aromatic rings. The topological polar surface area (TPSA) is 53.0 Å². The molecule has 1 aromatic heterocycles. The van der Waals surface area contributed by atoms with E-state index in [1.807, 2.05) is 0 Å². The van der Waals surface area contributed by atoms with Crippen LogP contribution in [0.2, 0.25) is 0 Å². The molecular weight excluding hydrogens is 138 g/mol. The highest BCUT2D eigenvalue weighted by atomic mass is 15.0. The number of nitrogen functional groups attached to an aromatic ring is 1. The lowest BCUT2D eigenvalue weighted by molar-refractivity contribution is 0.941. The van der Waals surface area contributed by atoms with Gasteiger partial charge in [-0.1, -0.05) is 6.08 Å². The number of hydrogen-bond donors (Lipinski definition) is 1.